The van der Waals surface area contributed by atoms with Gasteiger partial charge >= 0.3 is 0 Å². The minimum absolute atomic E-state index is 0.0144. The van der Waals surface area contributed by atoms with Crippen molar-refractivity contribution in [2.24, 2.45) is 0 Å². The van der Waals surface area contributed by atoms with Gasteiger partial charge in [0.05, 0.1) is 0 Å². The number of likely N-dealkylation sites (tertiary alicyclic amines) is 1. The third kappa shape index (κ3) is 3.85. The van der Waals surface area contributed by atoms with Crippen LogP contribution in [-0.2, 0) is 4.79 Å². The van der Waals surface area contributed by atoms with E-state index >= 15 is 0 Å². The van der Waals surface area contributed by atoms with Gasteiger partial charge in [0.15, 0.2) is 0 Å². The zero-order valence-corrected chi connectivity index (χ0v) is 15.1. The van der Waals surface area contributed by atoms with E-state index in [2.05, 4.69) is 5.32 Å². The molecule has 1 aliphatic heterocycles. The van der Waals surface area contributed by atoms with Gasteiger partial charge in [0.2, 0.25) is 5.91 Å². The Labute approximate surface area is 152 Å². The van der Waals surface area contributed by atoms with Crippen LogP contribution in [0.3, 0.4) is 0 Å². The first kappa shape index (κ1) is 17.5. The monoisotopic (exact) mass is 356 g/mol. The summed E-state index contributed by atoms with van der Waals surface area (Å²) >= 11 is 6.36. The lowest BCUT2D eigenvalue weighted by molar-refractivity contribution is -0.119. The molecule has 0 bridgehead atoms. The number of hydrogen-bond acceptors (Lipinski definition) is 2. The molecule has 0 unspecified atom stereocenters. The molecular weight excluding hydrogens is 336 g/mol. The largest absolute Gasteiger partial charge is 0.352 e. The molecule has 2 aromatic rings. The topological polar surface area (TPSA) is 49.4 Å². The van der Waals surface area contributed by atoms with Crippen LogP contribution >= 0.6 is 11.6 Å². The van der Waals surface area contributed by atoms with Gasteiger partial charge in [0.1, 0.15) is 0 Å². The van der Waals surface area contributed by atoms with Gasteiger partial charge in [0.25, 0.3) is 5.91 Å². The second kappa shape index (κ2) is 7.28. The van der Waals surface area contributed by atoms with E-state index in [0.717, 1.165) is 23.1 Å². The molecule has 1 N–H and O–H groups in total. The van der Waals surface area contributed by atoms with Crippen LogP contribution in [0.2, 0.25) is 5.02 Å². The fraction of sp³-hybridized carbons (Fsp3) is 0.300. The summed E-state index contributed by atoms with van der Waals surface area (Å²) in [5.41, 5.74) is 3.60. The highest BCUT2D eigenvalue weighted by Gasteiger charge is 2.27. The highest BCUT2D eigenvalue weighted by Crippen LogP contribution is 2.31. The smallest absolute Gasteiger partial charge is 0.253 e. The number of carbonyl (C=O) groups is 2. The van der Waals surface area contributed by atoms with E-state index < -0.39 is 0 Å². The lowest BCUT2D eigenvalue weighted by Crippen LogP contribution is -2.37. The first-order valence-corrected chi connectivity index (χ1v) is 8.75. The Morgan fingerprint density at radius 3 is 2.68 bits per heavy atom. The molecule has 25 heavy (non-hydrogen) atoms. The van der Waals surface area contributed by atoms with E-state index in [1.54, 1.807) is 4.90 Å². The molecule has 130 valence electrons. The van der Waals surface area contributed by atoms with Crippen molar-refractivity contribution in [3.05, 3.63) is 58.6 Å². The molecule has 0 radical (unpaired) electrons. The Morgan fingerprint density at radius 2 is 1.96 bits per heavy atom. The van der Waals surface area contributed by atoms with Crippen molar-refractivity contribution >= 4 is 23.4 Å². The number of carbonyl (C=O) groups excluding carboxylic acids is 2. The van der Waals surface area contributed by atoms with Gasteiger partial charge in [-0.15, -0.1) is 0 Å². The summed E-state index contributed by atoms with van der Waals surface area (Å²) in [6.45, 7) is 4.71. The SMILES string of the molecule is CC(=O)N[C@@H]1CCN(C(=O)c2cccc(-c3c(C)cccc3Cl)c2)C1. The molecular formula is C20H21ClN2O2. The van der Waals surface area contributed by atoms with E-state index in [9.17, 15) is 9.59 Å². The maximum Gasteiger partial charge on any atom is 0.253 e. The number of benzene rings is 2. The summed E-state index contributed by atoms with van der Waals surface area (Å²) in [4.78, 5) is 25.8. The maximum atomic E-state index is 12.8. The highest BCUT2D eigenvalue weighted by atomic mass is 35.5. The van der Waals surface area contributed by atoms with Crippen molar-refractivity contribution in [1.82, 2.24) is 10.2 Å². The average Bonchev–Trinajstić information content (AvgIpc) is 3.02. The molecule has 2 amide bonds. The Morgan fingerprint density at radius 1 is 1.20 bits per heavy atom. The number of aryl methyl sites for hydroxylation is 1. The predicted molar refractivity (Wildman–Crippen MR) is 99.8 cm³/mol. The third-order valence-electron chi connectivity index (χ3n) is 4.50. The zero-order chi connectivity index (χ0) is 18.0. The molecule has 1 atom stereocenters. The van der Waals surface area contributed by atoms with Gasteiger partial charge in [-0.25, -0.2) is 0 Å². The van der Waals surface area contributed by atoms with Crippen molar-refractivity contribution in [3.8, 4) is 11.1 Å². The minimum Gasteiger partial charge on any atom is -0.352 e. The van der Waals surface area contributed by atoms with E-state index in [1.165, 1.54) is 6.92 Å². The van der Waals surface area contributed by atoms with Gasteiger partial charge in [0, 0.05) is 42.2 Å². The third-order valence-corrected chi connectivity index (χ3v) is 4.82. The molecule has 4 nitrogen and oxygen atoms in total. The second-order valence-corrected chi connectivity index (χ2v) is 6.86. The standard InChI is InChI=1S/C20H21ClN2O2/c1-13-5-3-8-18(21)19(13)15-6-4-7-16(11-15)20(25)23-10-9-17(12-23)22-14(2)24/h3-8,11,17H,9-10,12H2,1-2H3,(H,22,24)/t17-/m1/s1. The van der Waals surface area contributed by atoms with Crippen LogP contribution in [0, 0.1) is 6.92 Å². The molecule has 0 saturated carbocycles. The minimum atomic E-state index is -0.0597. The Hall–Kier alpha value is -2.33. The molecule has 1 fully saturated rings. The Kier molecular flexibility index (Phi) is 5.09. The van der Waals surface area contributed by atoms with Gasteiger partial charge in [-0.2, -0.15) is 0 Å². The molecule has 0 spiro atoms. The van der Waals surface area contributed by atoms with Crippen molar-refractivity contribution in [3.63, 3.8) is 0 Å². The lowest BCUT2D eigenvalue weighted by atomic mass is 9.98. The van der Waals surface area contributed by atoms with Crippen LogP contribution in [0.25, 0.3) is 11.1 Å². The van der Waals surface area contributed by atoms with Crippen molar-refractivity contribution in [2.45, 2.75) is 26.3 Å². The zero-order valence-electron chi connectivity index (χ0n) is 14.4. The fourth-order valence-electron chi connectivity index (χ4n) is 3.34. The quantitative estimate of drug-likeness (QED) is 0.912. The summed E-state index contributed by atoms with van der Waals surface area (Å²) in [6.07, 6.45) is 0.786. The van der Waals surface area contributed by atoms with Crippen LogP contribution in [0.15, 0.2) is 42.5 Å². The average molecular weight is 357 g/mol. The number of nitrogens with one attached hydrogen (secondary N) is 1. The van der Waals surface area contributed by atoms with Crippen LogP contribution in [0.4, 0.5) is 0 Å². The van der Waals surface area contributed by atoms with E-state index in [0.29, 0.717) is 23.7 Å². The summed E-state index contributed by atoms with van der Waals surface area (Å²) < 4.78 is 0. The first-order valence-electron chi connectivity index (χ1n) is 8.37. The number of nitrogens with zero attached hydrogens (tertiary/aromatic N) is 1. The summed E-state index contributed by atoms with van der Waals surface area (Å²) in [6, 6.07) is 13.4. The van der Waals surface area contributed by atoms with E-state index in [1.807, 2.05) is 49.4 Å². The normalized spacial score (nSPS) is 16.8. The number of amides is 2. The van der Waals surface area contributed by atoms with Gasteiger partial charge in [-0.05, 0) is 42.7 Å². The molecule has 5 heteroatoms. The summed E-state index contributed by atoms with van der Waals surface area (Å²) in [5, 5.41) is 3.56. The first-order chi connectivity index (χ1) is 12.0. The van der Waals surface area contributed by atoms with Crippen LogP contribution in [-0.4, -0.2) is 35.8 Å². The van der Waals surface area contributed by atoms with Crippen LogP contribution in [0.1, 0.15) is 29.3 Å². The number of rotatable bonds is 3. The van der Waals surface area contributed by atoms with Crippen LogP contribution in [0.5, 0.6) is 0 Å². The van der Waals surface area contributed by atoms with Crippen molar-refractivity contribution in [1.29, 1.82) is 0 Å². The summed E-state index contributed by atoms with van der Waals surface area (Å²) in [5.74, 6) is -0.0742. The molecule has 2 aromatic carbocycles. The molecule has 1 saturated heterocycles. The molecule has 1 heterocycles. The molecule has 0 aliphatic carbocycles. The van der Waals surface area contributed by atoms with Crippen LogP contribution < -0.4 is 5.32 Å². The van der Waals surface area contributed by atoms with Crippen molar-refractivity contribution < 1.29 is 9.59 Å². The van der Waals surface area contributed by atoms with E-state index in [-0.39, 0.29) is 17.9 Å². The predicted octanol–water partition coefficient (Wildman–Crippen LogP) is 3.67. The second-order valence-electron chi connectivity index (χ2n) is 6.45. The van der Waals surface area contributed by atoms with Gasteiger partial charge < -0.3 is 10.2 Å². The lowest BCUT2D eigenvalue weighted by Gasteiger charge is -2.18. The molecule has 1 aliphatic rings. The fourth-order valence-corrected chi connectivity index (χ4v) is 3.67. The molecule has 0 aromatic heterocycles. The maximum absolute atomic E-state index is 12.8. The number of halogens is 1. The van der Waals surface area contributed by atoms with Crippen molar-refractivity contribution in [2.75, 3.05) is 13.1 Å². The van der Waals surface area contributed by atoms with Gasteiger partial charge in [-0.1, -0.05) is 35.9 Å². The Balaban J connectivity index is 1.82. The summed E-state index contributed by atoms with van der Waals surface area (Å²) in [7, 11) is 0. The number of hydrogen-bond donors (Lipinski definition) is 1. The van der Waals surface area contributed by atoms with E-state index in [4.69, 9.17) is 11.6 Å². The Bertz CT molecular complexity index is 799. The highest BCUT2D eigenvalue weighted by molar-refractivity contribution is 6.33. The van der Waals surface area contributed by atoms with Gasteiger partial charge in [-0.3, -0.25) is 9.59 Å². The molecule has 3 rings (SSSR count).